The molecule has 1 aromatic heterocycles. The van der Waals surface area contributed by atoms with Gasteiger partial charge in [0.2, 0.25) is 6.41 Å². The number of carbonyl (C=O) groups excluding carboxylic acids is 1. The molecule has 0 bridgehead atoms. The van der Waals surface area contributed by atoms with E-state index in [1.165, 1.54) is 11.1 Å². The second kappa shape index (κ2) is 7.98. The molecule has 0 saturated carbocycles. The molecule has 2 aromatic rings. The van der Waals surface area contributed by atoms with Gasteiger partial charge in [-0.2, -0.15) is 8.42 Å². The van der Waals surface area contributed by atoms with Crippen molar-refractivity contribution in [2.24, 2.45) is 4.99 Å². The fraction of sp³-hybridized carbons (Fsp3) is 0.333. The van der Waals surface area contributed by atoms with Gasteiger partial charge >= 0.3 is 0 Å². The highest BCUT2D eigenvalue weighted by atomic mass is 79.9. The van der Waals surface area contributed by atoms with Crippen LogP contribution in [-0.4, -0.2) is 61.9 Å². The van der Waals surface area contributed by atoms with Crippen LogP contribution in [0.5, 0.6) is 0 Å². The molecule has 2 heterocycles. The first-order valence-corrected chi connectivity index (χ1v) is 9.60. The Morgan fingerprint density at radius 3 is 2.64 bits per heavy atom. The van der Waals surface area contributed by atoms with Gasteiger partial charge in [-0.1, -0.05) is 22.0 Å². The lowest BCUT2D eigenvalue weighted by Crippen LogP contribution is -2.23. The number of hydrogen-bond donors (Lipinski definition) is 2. The number of aliphatic imine (C=N–C) groups is 1. The van der Waals surface area contributed by atoms with Crippen LogP contribution in [0, 0.1) is 0 Å². The number of halogens is 1. The largest absolute Gasteiger partial charge is 0.370 e. The summed E-state index contributed by atoms with van der Waals surface area (Å²) in [6.45, 7) is 1.97. The van der Waals surface area contributed by atoms with E-state index < -0.39 is 10.1 Å². The highest BCUT2D eigenvalue weighted by Gasteiger charge is 2.19. The summed E-state index contributed by atoms with van der Waals surface area (Å²) in [5.41, 5.74) is 0.725. The average Bonchev–Trinajstić information content (AvgIpc) is 3.16. The molecule has 10 heteroatoms. The zero-order valence-electron chi connectivity index (χ0n) is 13.8. The third kappa shape index (κ3) is 5.03. The molecule has 8 nitrogen and oxygen atoms in total. The number of rotatable bonds is 4. The normalized spacial score (nSPS) is 13.7. The van der Waals surface area contributed by atoms with Crippen LogP contribution in [0.15, 0.2) is 38.8 Å². The van der Waals surface area contributed by atoms with E-state index in [0.717, 1.165) is 35.3 Å². The molecular formula is C15H19BrN4O4S. The van der Waals surface area contributed by atoms with Crippen LogP contribution in [0.2, 0.25) is 0 Å². The lowest BCUT2D eigenvalue weighted by atomic mass is 10.2. The molecule has 0 radical (unpaired) electrons. The molecule has 0 fully saturated rings. The Labute approximate surface area is 154 Å². The van der Waals surface area contributed by atoms with Crippen LogP contribution in [0.3, 0.4) is 0 Å². The van der Waals surface area contributed by atoms with Gasteiger partial charge < -0.3 is 14.8 Å². The zero-order chi connectivity index (χ0) is 18.6. The summed E-state index contributed by atoms with van der Waals surface area (Å²) in [5, 5.41) is 3.63. The van der Waals surface area contributed by atoms with Crippen LogP contribution in [0.25, 0.3) is 10.9 Å². The summed E-state index contributed by atoms with van der Waals surface area (Å²) in [6, 6.07) is 5.23. The summed E-state index contributed by atoms with van der Waals surface area (Å²) >= 11 is 3.37. The first kappa shape index (κ1) is 19.4. The number of amides is 1. The number of nitrogens with zero attached hydrogens (tertiary/aromatic N) is 3. The number of fused-ring (bicyclic) bond motifs is 1. The molecule has 0 spiro atoms. The predicted molar refractivity (Wildman–Crippen MR) is 99.5 cm³/mol. The van der Waals surface area contributed by atoms with E-state index in [1.807, 2.05) is 6.07 Å². The number of hydrogen-bond acceptors (Lipinski definition) is 5. The van der Waals surface area contributed by atoms with Gasteiger partial charge in [0.05, 0.1) is 18.6 Å². The summed E-state index contributed by atoms with van der Waals surface area (Å²) in [4.78, 5) is 15.1. The van der Waals surface area contributed by atoms with E-state index >= 15 is 0 Å². The van der Waals surface area contributed by atoms with Crippen LogP contribution in [-0.2, 0) is 21.5 Å². The molecule has 1 amide bonds. The van der Waals surface area contributed by atoms with E-state index in [9.17, 15) is 17.8 Å². The Bertz CT molecular complexity index is 906. The molecule has 136 valence electrons. The van der Waals surface area contributed by atoms with Crippen molar-refractivity contribution < 1.29 is 17.8 Å². The smallest absolute Gasteiger partial charge is 0.296 e. The monoisotopic (exact) mass is 430 g/mol. The molecule has 2 N–H and O–H groups in total. The topological polar surface area (TPSA) is 104 Å². The van der Waals surface area contributed by atoms with Crippen LogP contribution >= 0.6 is 15.9 Å². The van der Waals surface area contributed by atoms with E-state index in [1.54, 1.807) is 30.8 Å². The van der Waals surface area contributed by atoms with Gasteiger partial charge in [-0.3, -0.25) is 14.3 Å². The minimum absolute atomic E-state index is 0.0846. The summed E-state index contributed by atoms with van der Waals surface area (Å²) in [7, 11) is -0.876. The standard InChI is InChI=1S/C12H12BrN3O3S.C3H7NO/c13-8-1-2-9-10(5-8)16(6-11(9)20(17,18)19)7-12-14-3-4-15-12;1-4(2)3-5/h1-2,5-6H,3-4,7H2,(H,14,15)(H,17,18,19);3H,1-2H3. The number of nitrogens with one attached hydrogen (secondary N) is 1. The first-order valence-electron chi connectivity index (χ1n) is 7.37. The predicted octanol–water partition coefficient (Wildman–Crippen LogP) is 1.36. The summed E-state index contributed by atoms with van der Waals surface area (Å²) in [5.74, 6) is 0.809. The van der Waals surface area contributed by atoms with Gasteiger partial charge in [0.1, 0.15) is 10.7 Å². The molecule has 0 aliphatic carbocycles. The third-order valence-electron chi connectivity index (χ3n) is 3.36. The fourth-order valence-corrected chi connectivity index (χ4v) is 3.34. The van der Waals surface area contributed by atoms with Gasteiger partial charge in [0.25, 0.3) is 10.1 Å². The van der Waals surface area contributed by atoms with Gasteiger partial charge in [0.15, 0.2) is 0 Å². The lowest BCUT2D eigenvalue weighted by Gasteiger charge is -2.06. The molecule has 0 atom stereocenters. The van der Waals surface area contributed by atoms with E-state index in [2.05, 4.69) is 26.2 Å². The highest BCUT2D eigenvalue weighted by molar-refractivity contribution is 9.10. The maximum atomic E-state index is 11.5. The fourth-order valence-electron chi connectivity index (χ4n) is 2.28. The Morgan fingerprint density at radius 1 is 1.44 bits per heavy atom. The van der Waals surface area contributed by atoms with E-state index in [4.69, 9.17) is 0 Å². The number of carbonyl (C=O) groups is 1. The minimum Gasteiger partial charge on any atom is -0.370 e. The van der Waals surface area contributed by atoms with Crippen molar-refractivity contribution in [1.82, 2.24) is 14.8 Å². The Balaban J connectivity index is 0.000000399. The van der Waals surface area contributed by atoms with Crippen molar-refractivity contribution in [3.63, 3.8) is 0 Å². The average molecular weight is 431 g/mol. The van der Waals surface area contributed by atoms with E-state index in [-0.39, 0.29) is 4.90 Å². The minimum atomic E-state index is -4.25. The maximum Gasteiger partial charge on any atom is 0.296 e. The van der Waals surface area contributed by atoms with Crippen LogP contribution in [0.1, 0.15) is 0 Å². The SMILES string of the molecule is CN(C)C=O.O=S(=O)(O)c1cn(CC2=NCCN2)c2cc(Br)ccc12. The second-order valence-corrected chi connectivity index (χ2v) is 7.89. The highest BCUT2D eigenvalue weighted by Crippen LogP contribution is 2.28. The van der Waals surface area contributed by atoms with E-state index in [0.29, 0.717) is 11.9 Å². The molecule has 3 rings (SSSR count). The summed E-state index contributed by atoms with van der Waals surface area (Å²) < 4.78 is 34.9. The molecular weight excluding hydrogens is 412 g/mol. The lowest BCUT2D eigenvalue weighted by molar-refractivity contribution is -0.115. The van der Waals surface area contributed by atoms with Crippen molar-refractivity contribution in [2.75, 3.05) is 27.2 Å². The van der Waals surface area contributed by atoms with Gasteiger partial charge in [-0.25, -0.2) is 0 Å². The first-order chi connectivity index (χ1) is 11.7. The Morgan fingerprint density at radius 2 is 2.12 bits per heavy atom. The molecule has 0 saturated heterocycles. The second-order valence-electron chi connectivity index (χ2n) is 5.58. The quantitative estimate of drug-likeness (QED) is 0.562. The van der Waals surface area contributed by atoms with Crippen molar-refractivity contribution in [3.8, 4) is 0 Å². The van der Waals surface area contributed by atoms with Crippen LogP contribution in [0.4, 0.5) is 0 Å². The van der Waals surface area contributed by atoms with Gasteiger partial charge in [-0.05, 0) is 12.1 Å². The summed E-state index contributed by atoms with van der Waals surface area (Å²) in [6.07, 6.45) is 2.19. The Hall–Kier alpha value is -1.91. The number of aromatic nitrogens is 1. The molecule has 1 aromatic carbocycles. The van der Waals surface area contributed by atoms with Crippen molar-refractivity contribution in [1.29, 1.82) is 0 Å². The molecule has 1 aliphatic rings. The Kier molecular flexibility index (Phi) is 6.20. The van der Waals surface area contributed by atoms with Crippen molar-refractivity contribution >= 4 is 49.2 Å². The number of amidine groups is 1. The molecule has 25 heavy (non-hydrogen) atoms. The number of benzene rings is 1. The van der Waals surface area contributed by atoms with Gasteiger partial charge in [-0.15, -0.1) is 0 Å². The van der Waals surface area contributed by atoms with Crippen molar-refractivity contribution in [3.05, 3.63) is 28.9 Å². The molecule has 0 unspecified atom stereocenters. The third-order valence-corrected chi connectivity index (χ3v) is 4.73. The maximum absolute atomic E-state index is 11.5. The van der Waals surface area contributed by atoms with Crippen LogP contribution < -0.4 is 5.32 Å². The van der Waals surface area contributed by atoms with Gasteiger partial charge in [0, 0.05) is 36.7 Å². The van der Waals surface area contributed by atoms with Crippen molar-refractivity contribution in [2.45, 2.75) is 11.4 Å². The zero-order valence-corrected chi connectivity index (χ0v) is 16.2. The molecule has 1 aliphatic heterocycles.